The predicted octanol–water partition coefficient (Wildman–Crippen LogP) is 4.64. The first-order chi connectivity index (χ1) is 10.1. The van der Waals surface area contributed by atoms with Gasteiger partial charge in [0.15, 0.2) is 0 Å². The van der Waals surface area contributed by atoms with Crippen molar-refractivity contribution in [3.63, 3.8) is 0 Å². The van der Waals surface area contributed by atoms with Crippen molar-refractivity contribution >= 4 is 11.6 Å². The maximum Gasteiger partial charge on any atom is 0.123 e. The number of aliphatic hydroxyl groups is 1. The molecule has 0 fully saturated rings. The van der Waals surface area contributed by atoms with Crippen LogP contribution in [0.1, 0.15) is 36.0 Å². The monoisotopic (exact) mass is 304 g/mol. The molecule has 1 aliphatic carbocycles. The summed E-state index contributed by atoms with van der Waals surface area (Å²) in [7, 11) is 0. The molecule has 0 saturated carbocycles. The van der Waals surface area contributed by atoms with Crippen LogP contribution < -0.4 is 0 Å². The Kier molecular flexibility index (Phi) is 4.01. The van der Waals surface area contributed by atoms with Gasteiger partial charge in [-0.15, -0.1) is 0 Å². The van der Waals surface area contributed by atoms with Crippen molar-refractivity contribution in [2.75, 3.05) is 0 Å². The van der Waals surface area contributed by atoms with Crippen LogP contribution in [0.15, 0.2) is 42.5 Å². The molecule has 0 heterocycles. The number of aryl methyl sites for hydroxylation is 1. The van der Waals surface area contributed by atoms with Crippen molar-refractivity contribution in [1.82, 2.24) is 0 Å². The number of rotatable bonds is 2. The molecule has 3 heteroatoms. The van der Waals surface area contributed by atoms with E-state index in [0.717, 1.165) is 24.8 Å². The standard InChI is InChI=1S/C18H18ClFO/c19-17-9-8-15(20)11-14(17)12-18(21)10-4-3-6-13-5-1-2-7-16(13)18/h1-2,5,7-9,11,21H,3-4,6,10,12H2. The predicted molar refractivity (Wildman–Crippen MR) is 83.0 cm³/mol. The smallest absolute Gasteiger partial charge is 0.123 e. The van der Waals surface area contributed by atoms with Crippen molar-refractivity contribution in [1.29, 1.82) is 0 Å². The molecular weight excluding hydrogens is 287 g/mol. The van der Waals surface area contributed by atoms with E-state index in [2.05, 4.69) is 6.07 Å². The lowest BCUT2D eigenvalue weighted by Crippen LogP contribution is -2.29. The highest BCUT2D eigenvalue weighted by Gasteiger charge is 2.33. The van der Waals surface area contributed by atoms with Gasteiger partial charge in [-0.05, 0) is 60.6 Å². The van der Waals surface area contributed by atoms with Crippen LogP contribution in [0.25, 0.3) is 0 Å². The average Bonchev–Trinajstić information content (AvgIpc) is 2.63. The van der Waals surface area contributed by atoms with Crippen LogP contribution in [-0.4, -0.2) is 5.11 Å². The van der Waals surface area contributed by atoms with E-state index in [1.165, 1.54) is 17.7 Å². The fourth-order valence-corrected chi connectivity index (χ4v) is 3.42. The first-order valence-corrected chi connectivity index (χ1v) is 7.71. The molecule has 21 heavy (non-hydrogen) atoms. The third-order valence-corrected chi connectivity index (χ3v) is 4.66. The van der Waals surface area contributed by atoms with E-state index in [0.29, 0.717) is 23.4 Å². The van der Waals surface area contributed by atoms with Crippen molar-refractivity contribution in [3.05, 3.63) is 70.0 Å². The van der Waals surface area contributed by atoms with Crippen LogP contribution in [0.2, 0.25) is 5.02 Å². The minimum absolute atomic E-state index is 0.320. The highest BCUT2D eigenvalue weighted by atomic mass is 35.5. The number of hydrogen-bond acceptors (Lipinski definition) is 1. The second kappa shape index (κ2) is 5.78. The van der Waals surface area contributed by atoms with Gasteiger partial charge in [-0.25, -0.2) is 4.39 Å². The van der Waals surface area contributed by atoms with Crippen molar-refractivity contribution in [3.8, 4) is 0 Å². The summed E-state index contributed by atoms with van der Waals surface area (Å²) in [4.78, 5) is 0. The molecular formula is C18H18ClFO. The van der Waals surface area contributed by atoms with Gasteiger partial charge >= 0.3 is 0 Å². The van der Waals surface area contributed by atoms with E-state index >= 15 is 0 Å². The molecule has 3 rings (SSSR count). The quantitative estimate of drug-likeness (QED) is 0.802. The molecule has 110 valence electrons. The summed E-state index contributed by atoms with van der Waals surface area (Å²) in [5.41, 5.74) is 1.84. The summed E-state index contributed by atoms with van der Waals surface area (Å²) in [5.74, 6) is -0.320. The average molecular weight is 305 g/mol. The van der Waals surface area contributed by atoms with Crippen LogP contribution in [-0.2, 0) is 18.4 Å². The molecule has 0 saturated heterocycles. The van der Waals surface area contributed by atoms with E-state index < -0.39 is 5.60 Å². The summed E-state index contributed by atoms with van der Waals surface area (Å²) < 4.78 is 13.5. The molecule has 0 radical (unpaired) electrons. The zero-order valence-corrected chi connectivity index (χ0v) is 12.5. The molecule has 1 aliphatic rings. The van der Waals surface area contributed by atoms with Gasteiger partial charge in [0.05, 0.1) is 5.60 Å². The molecule has 0 spiro atoms. The summed E-state index contributed by atoms with van der Waals surface area (Å²) in [6.45, 7) is 0. The lowest BCUT2D eigenvalue weighted by atomic mass is 9.83. The minimum Gasteiger partial charge on any atom is -0.385 e. The Balaban J connectivity index is 2.02. The Hall–Kier alpha value is -1.38. The van der Waals surface area contributed by atoms with Gasteiger partial charge in [0.1, 0.15) is 5.82 Å². The first kappa shape index (κ1) is 14.6. The van der Waals surface area contributed by atoms with E-state index in [-0.39, 0.29) is 5.82 Å². The Morgan fingerprint density at radius 1 is 1.14 bits per heavy atom. The summed E-state index contributed by atoms with van der Waals surface area (Å²) >= 11 is 6.17. The Morgan fingerprint density at radius 2 is 1.95 bits per heavy atom. The minimum atomic E-state index is -0.968. The van der Waals surface area contributed by atoms with Crippen LogP contribution in [0.5, 0.6) is 0 Å². The molecule has 2 aromatic carbocycles. The highest BCUT2D eigenvalue weighted by molar-refractivity contribution is 6.31. The van der Waals surface area contributed by atoms with Crippen LogP contribution in [0.4, 0.5) is 4.39 Å². The maximum atomic E-state index is 13.5. The van der Waals surface area contributed by atoms with Gasteiger partial charge in [0, 0.05) is 11.4 Å². The summed E-state index contributed by atoms with van der Waals surface area (Å²) in [6.07, 6.45) is 4.03. The van der Waals surface area contributed by atoms with Crippen LogP contribution in [0, 0.1) is 5.82 Å². The van der Waals surface area contributed by atoms with Crippen LogP contribution in [0.3, 0.4) is 0 Å². The van der Waals surface area contributed by atoms with E-state index in [1.807, 2.05) is 18.2 Å². The first-order valence-electron chi connectivity index (χ1n) is 7.33. The van der Waals surface area contributed by atoms with E-state index in [9.17, 15) is 9.50 Å². The SMILES string of the molecule is OC1(Cc2cc(F)ccc2Cl)CCCCc2ccccc21. The van der Waals surface area contributed by atoms with Gasteiger partial charge in [0.25, 0.3) is 0 Å². The second-order valence-corrected chi connectivity index (χ2v) is 6.22. The summed E-state index contributed by atoms with van der Waals surface area (Å²) in [6, 6.07) is 12.3. The van der Waals surface area contributed by atoms with Crippen LogP contribution >= 0.6 is 11.6 Å². The fourth-order valence-electron chi connectivity index (χ4n) is 3.24. The Morgan fingerprint density at radius 3 is 2.81 bits per heavy atom. The lowest BCUT2D eigenvalue weighted by Gasteiger charge is -2.29. The zero-order valence-electron chi connectivity index (χ0n) is 11.8. The number of benzene rings is 2. The number of fused-ring (bicyclic) bond motifs is 1. The van der Waals surface area contributed by atoms with Crippen molar-refractivity contribution in [2.24, 2.45) is 0 Å². The molecule has 1 nitrogen and oxygen atoms in total. The molecule has 1 N–H and O–H groups in total. The van der Waals surface area contributed by atoms with Gasteiger partial charge in [-0.1, -0.05) is 35.9 Å². The Bertz CT molecular complexity index is 655. The molecule has 0 amide bonds. The topological polar surface area (TPSA) is 20.2 Å². The van der Waals surface area contributed by atoms with Crippen molar-refractivity contribution in [2.45, 2.75) is 37.7 Å². The molecule has 0 aromatic heterocycles. The van der Waals surface area contributed by atoms with E-state index in [4.69, 9.17) is 11.6 Å². The molecule has 1 unspecified atom stereocenters. The zero-order chi connectivity index (χ0) is 14.9. The third-order valence-electron chi connectivity index (χ3n) is 4.30. The third kappa shape index (κ3) is 2.97. The molecule has 2 aromatic rings. The van der Waals surface area contributed by atoms with Gasteiger partial charge in [-0.3, -0.25) is 0 Å². The highest BCUT2D eigenvalue weighted by Crippen LogP contribution is 2.38. The fraction of sp³-hybridized carbons (Fsp3) is 0.333. The van der Waals surface area contributed by atoms with E-state index in [1.54, 1.807) is 6.07 Å². The lowest BCUT2D eigenvalue weighted by molar-refractivity contribution is 0.0271. The Labute approximate surface area is 129 Å². The number of hydrogen-bond donors (Lipinski definition) is 1. The second-order valence-electron chi connectivity index (χ2n) is 5.81. The molecule has 0 bridgehead atoms. The van der Waals surface area contributed by atoms with Gasteiger partial charge < -0.3 is 5.11 Å². The summed E-state index contributed by atoms with van der Waals surface area (Å²) in [5, 5.41) is 11.7. The van der Waals surface area contributed by atoms with Gasteiger partial charge in [0.2, 0.25) is 0 Å². The maximum absolute atomic E-state index is 13.5. The normalized spacial score (nSPS) is 21.7. The van der Waals surface area contributed by atoms with Gasteiger partial charge in [-0.2, -0.15) is 0 Å². The molecule has 0 aliphatic heterocycles. The van der Waals surface area contributed by atoms with Crippen molar-refractivity contribution < 1.29 is 9.50 Å². The molecule has 1 atom stereocenters. The number of halogens is 2. The largest absolute Gasteiger partial charge is 0.385 e.